The lowest BCUT2D eigenvalue weighted by Gasteiger charge is -2.40. The fraction of sp³-hybridized carbons (Fsp3) is 0.150. The van der Waals surface area contributed by atoms with E-state index in [1.165, 1.54) is 46.8 Å². The van der Waals surface area contributed by atoms with E-state index in [2.05, 4.69) is 113 Å². The molecule has 10 heteroatoms. The van der Waals surface area contributed by atoms with Crippen LogP contribution in [0.2, 0.25) is 0 Å². The molecule has 1 N–H and O–H groups in total. The summed E-state index contributed by atoms with van der Waals surface area (Å²) in [6.07, 6.45) is 2.25. The van der Waals surface area contributed by atoms with Gasteiger partial charge in [0, 0.05) is 66.7 Å². The molecule has 0 amide bonds. The van der Waals surface area contributed by atoms with Crippen LogP contribution in [-0.4, -0.2) is 16.3 Å². The van der Waals surface area contributed by atoms with Crippen molar-refractivity contribution in [2.45, 2.75) is 56.8 Å². The highest BCUT2D eigenvalue weighted by Crippen LogP contribution is 2.64. The molecular weight excluding hydrogens is 913 g/mol. The molecule has 0 bridgehead atoms. The van der Waals surface area contributed by atoms with E-state index in [0.29, 0.717) is 50.5 Å². The van der Waals surface area contributed by atoms with Crippen molar-refractivity contribution >= 4 is 51.9 Å². The highest BCUT2D eigenvalue weighted by molar-refractivity contribution is 7.95. The third kappa shape index (κ3) is 6.49. The van der Waals surface area contributed by atoms with Crippen LogP contribution in [0, 0.1) is 0 Å². The summed E-state index contributed by atoms with van der Waals surface area (Å²) in [6.45, 7) is 8.59. The van der Waals surface area contributed by atoms with Gasteiger partial charge in [0.15, 0.2) is 5.60 Å². The van der Waals surface area contributed by atoms with Crippen molar-refractivity contribution in [1.29, 1.82) is 0 Å². The lowest BCUT2D eigenvalue weighted by molar-refractivity contribution is 0.0224. The number of fused-ring (bicyclic) bond motifs is 19. The molecule has 2 atom stereocenters. The first-order valence-electron chi connectivity index (χ1n) is 23.6. The molecule has 0 aromatic heterocycles. The Morgan fingerprint density at radius 1 is 0.529 bits per heavy atom. The molecule has 9 aromatic carbocycles. The van der Waals surface area contributed by atoms with Gasteiger partial charge in [-0.2, -0.15) is 0 Å². The average molecular weight is 959 g/mol. The van der Waals surface area contributed by atoms with Crippen molar-refractivity contribution in [3.8, 4) is 57.1 Å². The minimum Gasteiger partial charge on any atom is -0.508 e. The number of phenolic OH excluding ortho intramolecular Hbond substituents is 1. The maximum Gasteiger partial charge on any atom is 0.340 e. The van der Waals surface area contributed by atoms with Gasteiger partial charge in [0.25, 0.3) is 12.3 Å². The molecule has 346 valence electrons. The largest absolute Gasteiger partial charge is 0.508 e. The van der Waals surface area contributed by atoms with Crippen LogP contribution in [0.1, 0.15) is 89.8 Å². The molecular formula is C60H46O8S2. The Kier molecular flexibility index (Phi) is 10.7. The minimum absolute atomic E-state index is 0.0223. The fourth-order valence-electron chi connectivity index (χ4n) is 10.6. The van der Waals surface area contributed by atoms with Gasteiger partial charge in [-0.25, -0.2) is 4.79 Å². The second kappa shape index (κ2) is 17.2. The summed E-state index contributed by atoms with van der Waals surface area (Å²) in [6, 6.07) is 55.9. The van der Waals surface area contributed by atoms with Crippen LogP contribution in [-0.2, 0) is 15.8 Å². The quantitative estimate of drug-likeness (QED) is 0.117. The second-order valence-electron chi connectivity index (χ2n) is 17.9. The van der Waals surface area contributed by atoms with Gasteiger partial charge < -0.3 is 31.9 Å². The number of carbonyl (C=O) groups is 1. The van der Waals surface area contributed by atoms with E-state index < -0.39 is 17.0 Å². The molecule has 2 spiro atoms. The molecule has 9 aromatic rings. The molecule has 0 saturated heterocycles. The fourth-order valence-corrected chi connectivity index (χ4v) is 11.6. The topological polar surface area (TPSA) is 92.7 Å². The van der Waals surface area contributed by atoms with Gasteiger partial charge in [-0.15, -0.1) is 0 Å². The molecule has 13 rings (SSSR count). The Morgan fingerprint density at radius 3 is 1.70 bits per heavy atom. The van der Waals surface area contributed by atoms with Crippen LogP contribution >= 0.6 is 24.4 Å². The number of phenols is 1. The van der Waals surface area contributed by atoms with Crippen LogP contribution < -0.4 is 22.0 Å². The number of rotatable bonds is 8. The summed E-state index contributed by atoms with van der Waals surface area (Å²) in [5, 5.41) is 14.5. The van der Waals surface area contributed by atoms with Gasteiger partial charge in [0.1, 0.15) is 46.0 Å². The zero-order chi connectivity index (χ0) is 47.7. The van der Waals surface area contributed by atoms with E-state index in [1.807, 2.05) is 48.5 Å². The number of hydrogen-bond donors (Lipinski definition) is 1. The van der Waals surface area contributed by atoms with Crippen molar-refractivity contribution in [3.63, 3.8) is 0 Å². The zero-order valence-electron chi connectivity index (χ0n) is 38.8. The predicted molar refractivity (Wildman–Crippen MR) is 278 cm³/mol. The first-order valence-corrected chi connectivity index (χ1v) is 25.1. The summed E-state index contributed by atoms with van der Waals surface area (Å²) < 4.78 is 38.9. The van der Waals surface area contributed by atoms with E-state index in [4.69, 9.17) is 26.8 Å². The molecule has 3 aliphatic heterocycles. The van der Waals surface area contributed by atoms with Crippen molar-refractivity contribution in [2.75, 3.05) is 0 Å². The SMILES string of the molecule is CCC.CCC(C)SOc1cccc2c3c(ccc12)C1(c2ccccc2-c2ccccc21)c1ccc2c(OSOc4ccc5c(c4)Oc4cc(O)ccc4C54OC(=O)c5ccccc54)cccc2c1O3. The molecule has 0 fully saturated rings. The molecule has 1 aliphatic carbocycles. The van der Waals surface area contributed by atoms with E-state index >= 15 is 0 Å². The van der Waals surface area contributed by atoms with Crippen LogP contribution in [0.15, 0.2) is 170 Å². The van der Waals surface area contributed by atoms with E-state index in [9.17, 15) is 9.90 Å². The number of esters is 1. The van der Waals surface area contributed by atoms with Gasteiger partial charge in [-0.1, -0.05) is 137 Å². The molecule has 2 unspecified atom stereocenters. The average Bonchev–Trinajstić information content (AvgIpc) is 3.85. The second-order valence-corrected chi connectivity index (χ2v) is 19.6. The normalized spacial score (nSPS) is 16.2. The van der Waals surface area contributed by atoms with Crippen LogP contribution in [0.4, 0.5) is 0 Å². The van der Waals surface area contributed by atoms with Crippen molar-refractivity contribution in [2.24, 2.45) is 0 Å². The number of ether oxygens (including phenoxy) is 3. The lowest BCUT2D eigenvalue weighted by atomic mass is 9.65. The van der Waals surface area contributed by atoms with Gasteiger partial charge in [-0.05, 0) is 83.3 Å². The molecule has 70 heavy (non-hydrogen) atoms. The Hall–Kier alpha value is -7.53. The maximum absolute atomic E-state index is 13.3. The first kappa shape index (κ1) is 43.7. The number of carbonyl (C=O) groups excluding carboxylic acids is 1. The zero-order valence-corrected chi connectivity index (χ0v) is 40.4. The first-order chi connectivity index (χ1) is 34.3. The standard InChI is InChI=1S/C57H38O8S2.C3H8/c1-3-32(2)66-64-49-20-10-15-39-37(49)24-28-47-53(39)61-54-40-16-11-21-50(38(40)25-29-48(54)56(47)42-17-7-4-12-35(42)36-13-5-8-18-43(36)56)65-67-63-34-23-27-46-52(31-34)60-51-30-33(58)22-26-45(51)57(46)44-19-9-6-14-41(44)55(59)62-57;1-3-2/h4-32,58H,3H2,1-2H3;3H2,1-2H3. The summed E-state index contributed by atoms with van der Waals surface area (Å²) in [4.78, 5) is 13.3. The van der Waals surface area contributed by atoms with Gasteiger partial charge in [0.2, 0.25) is 0 Å². The van der Waals surface area contributed by atoms with Gasteiger partial charge >= 0.3 is 5.97 Å². The highest BCUT2D eigenvalue weighted by Gasteiger charge is 2.54. The molecule has 8 nitrogen and oxygen atoms in total. The molecule has 4 aliphatic rings. The summed E-state index contributed by atoms with van der Waals surface area (Å²) in [7, 11) is 0. The Morgan fingerprint density at radius 2 is 1.07 bits per heavy atom. The maximum atomic E-state index is 13.3. The smallest absolute Gasteiger partial charge is 0.340 e. The predicted octanol–water partition coefficient (Wildman–Crippen LogP) is 16.0. The Bertz CT molecular complexity index is 3540. The van der Waals surface area contributed by atoms with Gasteiger partial charge in [0.05, 0.1) is 23.0 Å². The minimum atomic E-state index is -1.27. The monoisotopic (exact) mass is 958 g/mol. The van der Waals surface area contributed by atoms with E-state index in [0.717, 1.165) is 68.7 Å². The summed E-state index contributed by atoms with van der Waals surface area (Å²) in [5.74, 6) is 3.74. The molecule has 3 heterocycles. The summed E-state index contributed by atoms with van der Waals surface area (Å²) in [5.41, 5.74) is 7.38. The van der Waals surface area contributed by atoms with Crippen molar-refractivity contribution in [1.82, 2.24) is 0 Å². The number of aromatic hydroxyl groups is 1. The Labute approximate surface area is 414 Å². The van der Waals surface area contributed by atoms with Crippen molar-refractivity contribution in [3.05, 3.63) is 214 Å². The van der Waals surface area contributed by atoms with Crippen LogP contribution in [0.3, 0.4) is 0 Å². The Balaban J connectivity index is 0.00000164. The molecule has 0 saturated carbocycles. The molecule has 0 radical (unpaired) electrons. The van der Waals surface area contributed by atoms with Crippen molar-refractivity contribution < 1.29 is 36.7 Å². The van der Waals surface area contributed by atoms with E-state index in [-0.39, 0.29) is 5.75 Å². The van der Waals surface area contributed by atoms with Gasteiger partial charge in [-0.3, -0.25) is 0 Å². The third-order valence-corrected chi connectivity index (χ3v) is 15.2. The highest BCUT2D eigenvalue weighted by atomic mass is 32.2. The summed E-state index contributed by atoms with van der Waals surface area (Å²) >= 11 is 2.31. The van der Waals surface area contributed by atoms with E-state index in [1.54, 1.807) is 30.3 Å². The lowest BCUT2D eigenvalue weighted by Crippen LogP contribution is -2.32. The third-order valence-electron chi connectivity index (χ3n) is 13.7. The van der Waals surface area contributed by atoms with Crippen LogP contribution in [0.5, 0.6) is 46.0 Å². The number of benzene rings is 9. The van der Waals surface area contributed by atoms with Crippen LogP contribution in [0.25, 0.3) is 32.7 Å². The number of hydrogen-bond acceptors (Lipinski definition) is 10.